The maximum atomic E-state index is 13.0. The van der Waals surface area contributed by atoms with Crippen LogP contribution in [0.3, 0.4) is 0 Å². The van der Waals surface area contributed by atoms with Gasteiger partial charge in [0, 0.05) is 11.1 Å². The highest BCUT2D eigenvalue weighted by Crippen LogP contribution is 2.44. The Bertz CT molecular complexity index is 859. The van der Waals surface area contributed by atoms with Gasteiger partial charge in [-0.3, -0.25) is 0 Å². The highest BCUT2D eigenvalue weighted by Gasteiger charge is 2.38. The summed E-state index contributed by atoms with van der Waals surface area (Å²) in [4.78, 5) is 5.57. The van der Waals surface area contributed by atoms with Gasteiger partial charge < -0.3 is 9.47 Å². The van der Waals surface area contributed by atoms with Crippen molar-refractivity contribution in [3.8, 4) is 11.5 Å². The maximum absolute atomic E-state index is 13.0. The Hall–Kier alpha value is -1.64. The van der Waals surface area contributed by atoms with Gasteiger partial charge in [0.05, 0.1) is 6.04 Å². The van der Waals surface area contributed by atoms with E-state index in [9.17, 15) is 8.42 Å². The molecule has 1 atom stereocenters. The molecule has 6 nitrogen and oxygen atoms in total. The largest absolute Gasteiger partial charge is 0.486 e. The Balaban J connectivity index is 1.67. The van der Waals surface area contributed by atoms with Gasteiger partial charge in [-0.05, 0) is 37.8 Å². The third kappa shape index (κ3) is 3.01. The number of hydrogen-bond donors (Lipinski definition) is 1. The summed E-state index contributed by atoms with van der Waals surface area (Å²) < 4.78 is 39.8. The SMILES string of the molecule is Cc1cnc(C(NS(=O)(=O)c2cccc3c2OCCO3)C2CC2)s1. The number of aromatic nitrogens is 1. The Morgan fingerprint density at radius 1 is 1.29 bits per heavy atom. The molecule has 8 heteroatoms. The van der Waals surface area contributed by atoms with Crippen molar-refractivity contribution in [1.82, 2.24) is 9.71 Å². The molecule has 2 heterocycles. The van der Waals surface area contributed by atoms with Gasteiger partial charge in [-0.1, -0.05) is 6.07 Å². The van der Waals surface area contributed by atoms with Gasteiger partial charge in [-0.25, -0.2) is 18.1 Å². The van der Waals surface area contributed by atoms with Crippen LogP contribution in [0.2, 0.25) is 0 Å². The summed E-state index contributed by atoms with van der Waals surface area (Å²) in [7, 11) is -3.73. The van der Waals surface area contributed by atoms with Gasteiger partial charge in [-0.15, -0.1) is 11.3 Å². The first kappa shape index (κ1) is 15.9. The molecule has 0 amide bonds. The van der Waals surface area contributed by atoms with E-state index in [2.05, 4.69) is 9.71 Å². The number of benzene rings is 1. The fourth-order valence-electron chi connectivity index (χ4n) is 2.78. The van der Waals surface area contributed by atoms with Crippen molar-refractivity contribution in [3.63, 3.8) is 0 Å². The van der Waals surface area contributed by atoms with Crippen molar-refractivity contribution in [2.24, 2.45) is 5.92 Å². The topological polar surface area (TPSA) is 77.5 Å². The fourth-order valence-corrected chi connectivity index (χ4v) is 5.20. The van der Waals surface area contributed by atoms with E-state index in [1.807, 2.05) is 6.92 Å². The van der Waals surface area contributed by atoms with Crippen molar-refractivity contribution < 1.29 is 17.9 Å². The highest BCUT2D eigenvalue weighted by atomic mass is 32.2. The lowest BCUT2D eigenvalue weighted by atomic mass is 10.2. The number of para-hydroxylation sites is 1. The molecule has 1 unspecified atom stereocenters. The monoisotopic (exact) mass is 366 g/mol. The first-order valence-electron chi connectivity index (χ1n) is 7.88. The van der Waals surface area contributed by atoms with E-state index in [4.69, 9.17) is 9.47 Å². The molecule has 0 spiro atoms. The van der Waals surface area contributed by atoms with E-state index in [1.165, 1.54) is 11.3 Å². The fraction of sp³-hybridized carbons (Fsp3) is 0.438. The number of nitrogens with zero attached hydrogens (tertiary/aromatic N) is 1. The summed E-state index contributed by atoms with van der Waals surface area (Å²) in [5.74, 6) is 1.07. The minimum Gasteiger partial charge on any atom is -0.486 e. The van der Waals surface area contributed by atoms with Crippen LogP contribution in [-0.2, 0) is 10.0 Å². The van der Waals surface area contributed by atoms with Gasteiger partial charge in [0.15, 0.2) is 11.5 Å². The molecule has 2 aromatic rings. The number of hydrogen-bond acceptors (Lipinski definition) is 6. The summed E-state index contributed by atoms with van der Waals surface area (Å²) in [5.41, 5.74) is 0. The van der Waals surface area contributed by atoms with Crippen LogP contribution in [0.15, 0.2) is 29.3 Å². The van der Waals surface area contributed by atoms with Gasteiger partial charge in [0.2, 0.25) is 10.0 Å². The molecule has 0 radical (unpaired) electrons. The number of fused-ring (bicyclic) bond motifs is 1. The molecule has 0 bridgehead atoms. The molecule has 2 aliphatic rings. The lowest BCUT2D eigenvalue weighted by molar-refractivity contribution is 0.167. The number of nitrogens with one attached hydrogen (secondary N) is 1. The van der Waals surface area contributed by atoms with Crippen LogP contribution >= 0.6 is 11.3 Å². The van der Waals surface area contributed by atoms with Crippen molar-refractivity contribution in [1.29, 1.82) is 0 Å². The second kappa shape index (κ2) is 6.02. The molecule has 0 saturated heterocycles. The molecule has 1 N–H and O–H groups in total. The van der Waals surface area contributed by atoms with Crippen LogP contribution in [-0.4, -0.2) is 26.6 Å². The first-order valence-corrected chi connectivity index (χ1v) is 10.2. The number of ether oxygens (including phenoxy) is 2. The smallest absolute Gasteiger partial charge is 0.245 e. The number of thiazole rings is 1. The zero-order chi connectivity index (χ0) is 16.7. The van der Waals surface area contributed by atoms with Crippen molar-refractivity contribution in [2.75, 3.05) is 13.2 Å². The second-order valence-electron chi connectivity index (χ2n) is 6.03. The Labute approximate surface area is 144 Å². The predicted octanol–water partition coefficient (Wildman–Crippen LogP) is 2.65. The number of sulfonamides is 1. The molecule has 128 valence electrons. The molecular weight excluding hydrogens is 348 g/mol. The zero-order valence-corrected chi connectivity index (χ0v) is 14.8. The Kier molecular flexibility index (Phi) is 3.98. The Morgan fingerprint density at radius 2 is 2.08 bits per heavy atom. The summed E-state index contributed by atoms with van der Waals surface area (Å²) >= 11 is 1.53. The van der Waals surface area contributed by atoms with Crippen LogP contribution in [0.25, 0.3) is 0 Å². The van der Waals surface area contributed by atoms with Gasteiger partial charge in [0.1, 0.15) is 23.1 Å². The van der Waals surface area contributed by atoms with E-state index in [0.29, 0.717) is 30.6 Å². The molecular formula is C16H18N2O4S2. The minimum atomic E-state index is -3.73. The van der Waals surface area contributed by atoms with Gasteiger partial charge in [-0.2, -0.15) is 0 Å². The summed E-state index contributed by atoms with van der Waals surface area (Å²) in [6, 6.07) is 4.65. The first-order chi connectivity index (χ1) is 11.5. The molecule has 1 aromatic carbocycles. The van der Waals surface area contributed by atoms with Crippen molar-refractivity contribution in [2.45, 2.75) is 30.7 Å². The molecule has 24 heavy (non-hydrogen) atoms. The third-order valence-electron chi connectivity index (χ3n) is 4.10. The van der Waals surface area contributed by atoms with Gasteiger partial charge in [0.25, 0.3) is 0 Å². The van der Waals surface area contributed by atoms with E-state index in [1.54, 1.807) is 24.4 Å². The van der Waals surface area contributed by atoms with Crippen LogP contribution in [0, 0.1) is 12.8 Å². The molecule has 1 fully saturated rings. The lowest BCUT2D eigenvalue weighted by Crippen LogP contribution is -2.31. The normalized spacial score (nSPS) is 18.4. The van der Waals surface area contributed by atoms with Gasteiger partial charge >= 0.3 is 0 Å². The lowest BCUT2D eigenvalue weighted by Gasteiger charge is -2.22. The highest BCUT2D eigenvalue weighted by molar-refractivity contribution is 7.89. The molecule has 1 aliphatic heterocycles. The average Bonchev–Trinajstić information content (AvgIpc) is 3.33. The minimum absolute atomic E-state index is 0.124. The third-order valence-corrected chi connectivity index (χ3v) is 6.56. The second-order valence-corrected chi connectivity index (χ2v) is 8.97. The van der Waals surface area contributed by atoms with E-state index < -0.39 is 10.0 Å². The Morgan fingerprint density at radius 3 is 2.79 bits per heavy atom. The quantitative estimate of drug-likeness (QED) is 0.880. The van der Waals surface area contributed by atoms with Crippen molar-refractivity contribution >= 4 is 21.4 Å². The molecule has 1 aliphatic carbocycles. The van der Waals surface area contributed by atoms with E-state index in [0.717, 1.165) is 22.7 Å². The summed E-state index contributed by atoms with van der Waals surface area (Å²) in [6.07, 6.45) is 3.81. The summed E-state index contributed by atoms with van der Waals surface area (Å²) in [5, 5.41) is 0.820. The van der Waals surface area contributed by atoms with Crippen LogP contribution in [0.4, 0.5) is 0 Å². The van der Waals surface area contributed by atoms with Crippen LogP contribution in [0.5, 0.6) is 11.5 Å². The maximum Gasteiger partial charge on any atom is 0.245 e. The average molecular weight is 366 g/mol. The van der Waals surface area contributed by atoms with E-state index >= 15 is 0 Å². The number of aryl methyl sites for hydroxylation is 1. The molecule has 1 saturated carbocycles. The standard InChI is InChI=1S/C16H18N2O4S2/c1-10-9-17-16(23-10)14(11-5-6-11)18-24(19,20)13-4-2-3-12-15(13)22-8-7-21-12/h2-4,9,11,14,18H,5-8H2,1H3. The zero-order valence-electron chi connectivity index (χ0n) is 13.2. The molecule has 1 aromatic heterocycles. The predicted molar refractivity (Wildman–Crippen MR) is 90.1 cm³/mol. The number of rotatable bonds is 5. The van der Waals surface area contributed by atoms with Crippen LogP contribution < -0.4 is 14.2 Å². The molecule has 4 rings (SSSR count). The van der Waals surface area contributed by atoms with Crippen LogP contribution in [0.1, 0.15) is 28.8 Å². The van der Waals surface area contributed by atoms with Crippen molar-refractivity contribution in [3.05, 3.63) is 34.3 Å². The summed E-state index contributed by atoms with van der Waals surface area (Å²) in [6.45, 7) is 2.74. The van der Waals surface area contributed by atoms with E-state index in [-0.39, 0.29) is 10.9 Å².